The first-order chi connectivity index (χ1) is 9.54. The second-order valence-electron chi connectivity index (χ2n) is 5.70. The van der Waals surface area contributed by atoms with Crippen LogP contribution in [0.25, 0.3) is 0 Å². The number of benzene rings is 1. The molecule has 4 nitrogen and oxygen atoms in total. The van der Waals surface area contributed by atoms with Gasteiger partial charge in [-0.1, -0.05) is 12.1 Å². The average molecular weight is 279 g/mol. The molecule has 1 heterocycles. The highest BCUT2D eigenvalue weighted by atomic mass is 16.5. The molecule has 112 valence electrons. The van der Waals surface area contributed by atoms with Gasteiger partial charge in [0.15, 0.2) is 0 Å². The van der Waals surface area contributed by atoms with Crippen molar-refractivity contribution in [2.24, 2.45) is 0 Å². The maximum atomic E-state index is 10.4. The van der Waals surface area contributed by atoms with E-state index in [0.29, 0.717) is 32.6 Å². The molecule has 0 radical (unpaired) electrons. The Morgan fingerprint density at radius 3 is 2.40 bits per heavy atom. The maximum absolute atomic E-state index is 10.4. The second kappa shape index (κ2) is 6.57. The standard InChI is InChI=1S/C16H25NO3/c1-12-8-14(9-13(2)15(12)19-3)10-17-11-16(18)4-6-20-7-5-16/h8-9,17-18H,4-7,10-11H2,1-3H3. The van der Waals surface area contributed by atoms with Gasteiger partial charge in [0, 0.05) is 39.1 Å². The molecule has 1 aliphatic rings. The largest absolute Gasteiger partial charge is 0.496 e. The van der Waals surface area contributed by atoms with E-state index in [2.05, 4.69) is 31.3 Å². The Labute approximate surface area is 121 Å². The minimum absolute atomic E-state index is 0.612. The molecule has 1 fully saturated rings. The summed E-state index contributed by atoms with van der Waals surface area (Å²) in [6.45, 7) is 6.79. The van der Waals surface area contributed by atoms with E-state index >= 15 is 0 Å². The van der Waals surface area contributed by atoms with Crippen molar-refractivity contribution in [1.29, 1.82) is 0 Å². The van der Waals surface area contributed by atoms with Gasteiger partial charge in [0.2, 0.25) is 0 Å². The second-order valence-corrected chi connectivity index (χ2v) is 5.70. The van der Waals surface area contributed by atoms with Crippen molar-refractivity contribution in [3.8, 4) is 5.75 Å². The molecule has 1 aromatic rings. The number of nitrogens with one attached hydrogen (secondary N) is 1. The van der Waals surface area contributed by atoms with E-state index in [1.165, 1.54) is 5.56 Å². The molecule has 0 amide bonds. The molecule has 0 unspecified atom stereocenters. The lowest BCUT2D eigenvalue weighted by molar-refractivity contribution is -0.0617. The molecule has 0 aromatic heterocycles. The molecular weight excluding hydrogens is 254 g/mol. The average Bonchev–Trinajstić information content (AvgIpc) is 2.39. The van der Waals surface area contributed by atoms with Crippen molar-refractivity contribution in [1.82, 2.24) is 5.32 Å². The molecule has 0 aliphatic carbocycles. The summed E-state index contributed by atoms with van der Waals surface area (Å²) < 4.78 is 10.7. The van der Waals surface area contributed by atoms with Crippen LogP contribution in [-0.2, 0) is 11.3 Å². The molecule has 0 saturated carbocycles. The van der Waals surface area contributed by atoms with Crippen molar-refractivity contribution < 1.29 is 14.6 Å². The van der Waals surface area contributed by atoms with Crippen LogP contribution in [0.4, 0.5) is 0 Å². The first-order valence-electron chi connectivity index (χ1n) is 7.19. The van der Waals surface area contributed by atoms with E-state index in [4.69, 9.17) is 9.47 Å². The Bertz CT molecular complexity index is 430. The summed E-state index contributed by atoms with van der Waals surface area (Å²) in [5, 5.41) is 13.7. The van der Waals surface area contributed by atoms with E-state index in [9.17, 15) is 5.11 Å². The van der Waals surface area contributed by atoms with Crippen LogP contribution in [0.3, 0.4) is 0 Å². The van der Waals surface area contributed by atoms with Gasteiger partial charge >= 0.3 is 0 Å². The molecule has 2 rings (SSSR count). The van der Waals surface area contributed by atoms with Gasteiger partial charge in [-0.15, -0.1) is 0 Å². The topological polar surface area (TPSA) is 50.7 Å². The predicted octanol–water partition coefficient (Wildman–Crippen LogP) is 1.94. The van der Waals surface area contributed by atoms with E-state index in [0.717, 1.165) is 23.4 Å². The van der Waals surface area contributed by atoms with Crippen LogP contribution in [-0.4, -0.2) is 37.6 Å². The number of hydrogen-bond donors (Lipinski definition) is 2. The highest BCUT2D eigenvalue weighted by Crippen LogP contribution is 2.24. The Morgan fingerprint density at radius 1 is 1.25 bits per heavy atom. The maximum Gasteiger partial charge on any atom is 0.124 e. The van der Waals surface area contributed by atoms with E-state index in [1.54, 1.807) is 7.11 Å². The number of rotatable bonds is 5. The van der Waals surface area contributed by atoms with E-state index < -0.39 is 5.60 Å². The summed E-state index contributed by atoms with van der Waals surface area (Å²) in [7, 11) is 1.70. The Morgan fingerprint density at radius 2 is 1.85 bits per heavy atom. The normalized spacial score (nSPS) is 18.0. The zero-order valence-electron chi connectivity index (χ0n) is 12.7. The van der Waals surface area contributed by atoms with Crippen LogP contribution >= 0.6 is 0 Å². The number of aryl methyl sites for hydroxylation is 2. The third-order valence-corrected chi connectivity index (χ3v) is 3.93. The number of methoxy groups -OCH3 is 1. The van der Waals surface area contributed by atoms with Gasteiger partial charge in [0.25, 0.3) is 0 Å². The van der Waals surface area contributed by atoms with Crippen LogP contribution < -0.4 is 10.1 Å². The summed E-state index contributed by atoms with van der Waals surface area (Å²) in [5.41, 5.74) is 2.90. The highest BCUT2D eigenvalue weighted by molar-refractivity contribution is 5.43. The molecule has 1 aliphatic heterocycles. The van der Waals surface area contributed by atoms with E-state index in [1.807, 2.05) is 0 Å². The summed E-state index contributed by atoms with van der Waals surface area (Å²) in [6, 6.07) is 4.26. The number of hydrogen-bond acceptors (Lipinski definition) is 4. The number of ether oxygens (including phenoxy) is 2. The third kappa shape index (κ3) is 3.72. The van der Waals surface area contributed by atoms with Crippen LogP contribution in [0.2, 0.25) is 0 Å². The van der Waals surface area contributed by atoms with Gasteiger partial charge in [-0.25, -0.2) is 0 Å². The molecule has 0 spiro atoms. The Kier molecular flexibility index (Phi) is 5.02. The number of aliphatic hydroxyl groups is 1. The molecule has 4 heteroatoms. The van der Waals surface area contributed by atoms with Gasteiger partial charge in [-0.3, -0.25) is 0 Å². The zero-order chi connectivity index (χ0) is 14.6. The fraction of sp³-hybridized carbons (Fsp3) is 0.625. The predicted molar refractivity (Wildman–Crippen MR) is 79.2 cm³/mol. The minimum Gasteiger partial charge on any atom is -0.496 e. The van der Waals surface area contributed by atoms with Crippen molar-refractivity contribution in [3.63, 3.8) is 0 Å². The van der Waals surface area contributed by atoms with E-state index in [-0.39, 0.29) is 0 Å². The SMILES string of the molecule is COc1c(C)cc(CNCC2(O)CCOCC2)cc1C. The first kappa shape index (κ1) is 15.3. The molecule has 1 aromatic carbocycles. The third-order valence-electron chi connectivity index (χ3n) is 3.93. The van der Waals surface area contributed by atoms with Gasteiger partial charge in [0.05, 0.1) is 12.7 Å². The lowest BCUT2D eigenvalue weighted by Crippen LogP contribution is -2.44. The van der Waals surface area contributed by atoms with Crippen LogP contribution in [0, 0.1) is 13.8 Å². The summed E-state index contributed by atoms with van der Waals surface area (Å²) in [5.74, 6) is 0.955. The highest BCUT2D eigenvalue weighted by Gasteiger charge is 2.29. The summed E-state index contributed by atoms with van der Waals surface area (Å²) in [6.07, 6.45) is 1.42. The lowest BCUT2D eigenvalue weighted by atomic mass is 9.94. The fourth-order valence-electron chi connectivity index (χ4n) is 2.83. The van der Waals surface area contributed by atoms with Crippen molar-refractivity contribution in [2.75, 3.05) is 26.9 Å². The Hall–Kier alpha value is -1.10. The quantitative estimate of drug-likeness (QED) is 0.865. The van der Waals surface area contributed by atoms with Crippen molar-refractivity contribution in [3.05, 3.63) is 28.8 Å². The van der Waals surface area contributed by atoms with Crippen LogP contribution in [0.5, 0.6) is 5.75 Å². The smallest absolute Gasteiger partial charge is 0.124 e. The minimum atomic E-state index is -0.616. The van der Waals surface area contributed by atoms with Crippen LogP contribution in [0.15, 0.2) is 12.1 Å². The molecule has 2 N–H and O–H groups in total. The molecule has 0 atom stereocenters. The molecule has 1 saturated heterocycles. The monoisotopic (exact) mass is 279 g/mol. The van der Waals surface area contributed by atoms with Gasteiger partial charge in [0.1, 0.15) is 5.75 Å². The summed E-state index contributed by atoms with van der Waals surface area (Å²) >= 11 is 0. The van der Waals surface area contributed by atoms with Crippen molar-refractivity contribution >= 4 is 0 Å². The molecule has 20 heavy (non-hydrogen) atoms. The molecular formula is C16H25NO3. The fourth-order valence-corrected chi connectivity index (χ4v) is 2.83. The Balaban J connectivity index is 1.91. The summed E-state index contributed by atoms with van der Waals surface area (Å²) in [4.78, 5) is 0. The first-order valence-corrected chi connectivity index (χ1v) is 7.19. The lowest BCUT2D eigenvalue weighted by Gasteiger charge is -2.32. The van der Waals surface area contributed by atoms with Gasteiger partial charge in [-0.2, -0.15) is 0 Å². The molecule has 0 bridgehead atoms. The van der Waals surface area contributed by atoms with Crippen LogP contribution in [0.1, 0.15) is 29.5 Å². The van der Waals surface area contributed by atoms with Gasteiger partial charge in [-0.05, 0) is 30.5 Å². The van der Waals surface area contributed by atoms with Crippen molar-refractivity contribution in [2.45, 2.75) is 38.8 Å². The van der Waals surface area contributed by atoms with Gasteiger partial charge < -0.3 is 19.9 Å². The zero-order valence-corrected chi connectivity index (χ0v) is 12.7.